The van der Waals surface area contributed by atoms with E-state index in [2.05, 4.69) is 32.1 Å². The molecule has 2 amide bonds. The van der Waals surface area contributed by atoms with Crippen LogP contribution in [-0.2, 0) is 11.3 Å². The molecule has 1 N–H and O–H groups in total. The van der Waals surface area contributed by atoms with Crippen molar-refractivity contribution in [3.63, 3.8) is 0 Å². The predicted molar refractivity (Wildman–Crippen MR) is 104 cm³/mol. The molecule has 1 aliphatic rings. The van der Waals surface area contributed by atoms with Gasteiger partial charge in [0.1, 0.15) is 5.82 Å². The quantitative estimate of drug-likeness (QED) is 0.822. The van der Waals surface area contributed by atoms with Crippen molar-refractivity contribution in [1.29, 1.82) is 0 Å². The molecule has 1 aliphatic heterocycles. The molecule has 144 valence electrons. The summed E-state index contributed by atoms with van der Waals surface area (Å²) in [4.78, 5) is 39.3. The minimum absolute atomic E-state index is 0.111. The highest BCUT2D eigenvalue weighted by Crippen LogP contribution is 2.29. The molecule has 0 aliphatic carbocycles. The van der Waals surface area contributed by atoms with Gasteiger partial charge in [0, 0.05) is 44.1 Å². The maximum atomic E-state index is 12.8. The van der Waals surface area contributed by atoms with Gasteiger partial charge in [-0.25, -0.2) is 9.97 Å². The van der Waals surface area contributed by atoms with Crippen LogP contribution in [0.4, 0.5) is 0 Å². The van der Waals surface area contributed by atoms with E-state index in [1.807, 2.05) is 19.1 Å². The summed E-state index contributed by atoms with van der Waals surface area (Å²) in [6, 6.07) is 3.74. The summed E-state index contributed by atoms with van der Waals surface area (Å²) in [5, 5.41) is 2.92. The maximum Gasteiger partial charge on any atom is 0.298 e. The fourth-order valence-electron chi connectivity index (χ4n) is 3.30. The zero-order valence-electron chi connectivity index (χ0n) is 16.1. The number of nitrogens with one attached hydrogen (secondary N) is 1. The Kier molecular flexibility index (Phi) is 6.33. The lowest BCUT2D eigenvalue weighted by molar-refractivity contribution is -0.126. The second kappa shape index (κ2) is 9.09. The first-order chi connectivity index (χ1) is 13.6. The molecule has 0 atom stereocenters. The third-order valence-electron chi connectivity index (χ3n) is 4.76. The van der Waals surface area contributed by atoms with Crippen molar-refractivity contribution in [2.45, 2.75) is 39.2 Å². The van der Waals surface area contributed by atoms with Gasteiger partial charge in [-0.15, -0.1) is 0 Å². The third kappa shape index (κ3) is 4.71. The summed E-state index contributed by atoms with van der Waals surface area (Å²) in [5.41, 5.74) is 2.17. The van der Waals surface area contributed by atoms with E-state index >= 15 is 0 Å². The minimum Gasteiger partial charge on any atom is -0.348 e. The molecule has 3 heterocycles. The third-order valence-corrected chi connectivity index (χ3v) is 4.76. The molecule has 0 spiro atoms. The van der Waals surface area contributed by atoms with Gasteiger partial charge in [0.25, 0.3) is 11.8 Å². The lowest BCUT2D eigenvalue weighted by Gasteiger charge is -2.31. The Bertz CT molecular complexity index is 909. The lowest BCUT2D eigenvalue weighted by atomic mass is 9.90. The number of likely N-dealkylation sites (tertiary alicyclic amines) is 1. The Morgan fingerprint density at radius 3 is 2.75 bits per heavy atom. The first kappa shape index (κ1) is 19.5. The molecule has 28 heavy (non-hydrogen) atoms. The Hall–Kier alpha value is -3.27. The first-order valence-corrected chi connectivity index (χ1v) is 9.30. The fraction of sp³-hybridized carbons (Fsp3) is 0.381. The fourth-order valence-corrected chi connectivity index (χ4v) is 3.30. The molecule has 2 aromatic heterocycles. The Morgan fingerprint density at radius 2 is 2.07 bits per heavy atom. The largest absolute Gasteiger partial charge is 0.348 e. The number of aryl methyl sites for hydroxylation is 1. The number of piperidine rings is 1. The van der Waals surface area contributed by atoms with Crippen LogP contribution in [0.25, 0.3) is 0 Å². The maximum absolute atomic E-state index is 12.8. The second-order valence-corrected chi connectivity index (χ2v) is 6.70. The van der Waals surface area contributed by atoms with Crippen LogP contribution in [0.3, 0.4) is 0 Å². The van der Waals surface area contributed by atoms with E-state index in [0.717, 1.165) is 24.1 Å². The Morgan fingerprint density at radius 1 is 1.29 bits per heavy atom. The van der Waals surface area contributed by atoms with Gasteiger partial charge in [0.2, 0.25) is 0 Å². The molecule has 1 fully saturated rings. The zero-order chi connectivity index (χ0) is 19.9. The topological polar surface area (TPSA) is 88.1 Å². The molecule has 2 aromatic rings. The van der Waals surface area contributed by atoms with Gasteiger partial charge < -0.3 is 10.2 Å². The van der Waals surface area contributed by atoms with Crippen LogP contribution in [-0.4, -0.2) is 44.8 Å². The molecular weight excluding hydrogens is 354 g/mol. The number of carbonyl (C=O) groups is 2. The number of hydrogen-bond acceptors (Lipinski definition) is 5. The van der Waals surface area contributed by atoms with Gasteiger partial charge in [-0.3, -0.25) is 14.6 Å². The van der Waals surface area contributed by atoms with Crippen molar-refractivity contribution in [2.24, 2.45) is 0 Å². The van der Waals surface area contributed by atoms with Gasteiger partial charge in [-0.1, -0.05) is 12.0 Å². The zero-order valence-corrected chi connectivity index (χ0v) is 16.1. The number of pyridine rings is 1. The lowest BCUT2D eigenvalue weighted by Crippen LogP contribution is -2.38. The van der Waals surface area contributed by atoms with Gasteiger partial charge >= 0.3 is 0 Å². The Balaban J connectivity index is 1.71. The summed E-state index contributed by atoms with van der Waals surface area (Å²) in [7, 11) is 0. The molecular formula is C21H23N5O2. The predicted octanol–water partition coefficient (Wildman–Crippen LogP) is 1.84. The molecule has 3 rings (SSSR count). The monoisotopic (exact) mass is 377 g/mol. The SMILES string of the molecule is CC#CC(=O)N1CCC(c2nc(C)ncc2C(=O)NCc2cccnc2)CC1. The van der Waals surface area contributed by atoms with Gasteiger partial charge in [-0.05, 0) is 44.2 Å². The second-order valence-electron chi connectivity index (χ2n) is 6.70. The van der Waals surface area contributed by atoms with E-state index in [4.69, 9.17) is 0 Å². The molecule has 0 radical (unpaired) electrons. The average Bonchev–Trinajstić information content (AvgIpc) is 2.73. The van der Waals surface area contributed by atoms with Crippen molar-refractivity contribution in [2.75, 3.05) is 13.1 Å². The smallest absolute Gasteiger partial charge is 0.298 e. The molecule has 0 aromatic carbocycles. The van der Waals surface area contributed by atoms with E-state index in [1.54, 1.807) is 30.4 Å². The number of aromatic nitrogens is 3. The van der Waals surface area contributed by atoms with E-state index in [9.17, 15) is 9.59 Å². The van der Waals surface area contributed by atoms with Crippen LogP contribution in [0.15, 0.2) is 30.7 Å². The summed E-state index contributed by atoms with van der Waals surface area (Å²) in [6.07, 6.45) is 6.50. The molecule has 0 unspecified atom stereocenters. The number of rotatable bonds is 4. The van der Waals surface area contributed by atoms with Crippen molar-refractivity contribution >= 4 is 11.8 Å². The molecule has 0 bridgehead atoms. The molecule has 7 nitrogen and oxygen atoms in total. The molecule has 7 heteroatoms. The Labute approximate surface area is 164 Å². The first-order valence-electron chi connectivity index (χ1n) is 9.30. The van der Waals surface area contributed by atoms with Crippen LogP contribution >= 0.6 is 0 Å². The van der Waals surface area contributed by atoms with Crippen LogP contribution in [0.5, 0.6) is 0 Å². The molecule has 0 saturated carbocycles. The van der Waals surface area contributed by atoms with Crippen LogP contribution in [0.2, 0.25) is 0 Å². The molecule has 1 saturated heterocycles. The summed E-state index contributed by atoms with van der Waals surface area (Å²) >= 11 is 0. The van der Waals surface area contributed by atoms with Crippen LogP contribution in [0, 0.1) is 18.8 Å². The van der Waals surface area contributed by atoms with E-state index in [1.165, 1.54) is 0 Å². The number of amides is 2. The van der Waals surface area contributed by atoms with Crippen molar-refractivity contribution < 1.29 is 9.59 Å². The van der Waals surface area contributed by atoms with Gasteiger partial charge in [0.15, 0.2) is 0 Å². The minimum atomic E-state index is -0.200. The van der Waals surface area contributed by atoms with Crippen LogP contribution in [0.1, 0.15) is 53.1 Å². The number of hydrogen-bond donors (Lipinski definition) is 1. The normalized spacial score (nSPS) is 14.1. The standard InChI is InChI=1S/C21H23N5O2/c1-3-5-19(27)26-10-7-17(8-11-26)20-18(14-23-15(2)25-20)21(28)24-13-16-6-4-9-22-12-16/h4,6,9,12,14,17H,7-8,10-11,13H2,1-2H3,(H,24,28). The van der Waals surface area contributed by atoms with E-state index in [0.29, 0.717) is 31.0 Å². The summed E-state index contributed by atoms with van der Waals surface area (Å²) in [5.74, 6) is 5.63. The van der Waals surface area contributed by atoms with Crippen molar-refractivity contribution in [3.05, 3.63) is 53.4 Å². The average molecular weight is 377 g/mol. The van der Waals surface area contributed by atoms with Crippen molar-refractivity contribution in [1.82, 2.24) is 25.2 Å². The number of carbonyl (C=O) groups excluding carboxylic acids is 2. The van der Waals surface area contributed by atoms with E-state index < -0.39 is 0 Å². The highest BCUT2D eigenvalue weighted by molar-refractivity contribution is 5.95. The van der Waals surface area contributed by atoms with Gasteiger partial charge in [0.05, 0.1) is 11.3 Å². The van der Waals surface area contributed by atoms with Crippen molar-refractivity contribution in [3.8, 4) is 11.8 Å². The van der Waals surface area contributed by atoms with E-state index in [-0.39, 0.29) is 17.7 Å². The number of nitrogens with zero attached hydrogens (tertiary/aromatic N) is 4. The summed E-state index contributed by atoms with van der Waals surface area (Å²) < 4.78 is 0. The van der Waals surface area contributed by atoms with Crippen LogP contribution < -0.4 is 5.32 Å². The highest BCUT2D eigenvalue weighted by Gasteiger charge is 2.27. The summed E-state index contributed by atoms with van der Waals surface area (Å²) in [6.45, 7) is 5.08. The van der Waals surface area contributed by atoms with Gasteiger partial charge in [-0.2, -0.15) is 0 Å². The highest BCUT2D eigenvalue weighted by atomic mass is 16.2.